The second kappa shape index (κ2) is 17.0. The number of aromatic nitrogens is 3. The summed E-state index contributed by atoms with van der Waals surface area (Å²) in [5, 5.41) is 19.0. The van der Waals surface area contributed by atoms with Crippen LogP contribution in [0.15, 0.2) is 42.5 Å². The zero-order chi connectivity index (χ0) is 33.8. The molecule has 0 radical (unpaired) electrons. The Bertz CT molecular complexity index is 1580. The summed E-state index contributed by atoms with van der Waals surface area (Å²) in [6, 6.07) is 10.5. The van der Waals surface area contributed by atoms with Crippen LogP contribution < -0.4 is 9.64 Å². The van der Waals surface area contributed by atoms with E-state index >= 15 is 0 Å². The first-order chi connectivity index (χ1) is 21.5. The van der Waals surface area contributed by atoms with E-state index in [0.29, 0.717) is 30.3 Å². The normalized spacial score (nSPS) is 12.1. The van der Waals surface area contributed by atoms with E-state index in [4.69, 9.17) is 19.7 Å². The van der Waals surface area contributed by atoms with Gasteiger partial charge in [0.2, 0.25) is 0 Å². The maximum absolute atomic E-state index is 14.1. The van der Waals surface area contributed by atoms with Gasteiger partial charge in [-0.05, 0) is 49.9 Å². The van der Waals surface area contributed by atoms with Crippen molar-refractivity contribution >= 4 is 29.0 Å². The lowest BCUT2D eigenvalue weighted by Crippen LogP contribution is -2.35. The Balaban J connectivity index is 0.000000804. The highest BCUT2D eigenvalue weighted by Gasteiger charge is 2.24. The van der Waals surface area contributed by atoms with Crippen LogP contribution in [0.1, 0.15) is 56.1 Å². The van der Waals surface area contributed by atoms with Gasteiger partial charge in [0.1, 0.15) is 11.6 Å². The van der Waals surface area contributed by atoms with Crippen molar-refractivity contribution in [2.75, 3.05) is 39.3 Å². The summed E-state index contributed by atoms with van der Waals surface area (Å²) < 4.78 is 48.9. The fourth-order valence-electron chi connectivity index (χ4n) is 4.75. The van der Waals surface area contributed by atoms with Crippen LogP contribution in [-0.2, 0) is 4.79 Å². The van der Waals surface area contributed by atoms with Gasteiger partial charge >= 0.3 is 0 Å². The number of fused-ring (bicyclic) bond motifs is 1. The molecule has 1 amide bonds. The number of anilines is 2. The number of carboxylic acid groups (broad SMARTS) is 1. The lowest BCUT2D eigenvalue weighted by molar-refractivity contribution is -0.134. The summed E-state index contributed by atoms with van der Waals surface area (Å²) in [4.78, 5) is 30.3. The molecule has 1 fully saturated rings. The molecular formula is C32H40F3N5O5. The van der Waals surface area contributed by atoms with E-state index in [2.05, 4.69) is 10.1 Å². The van der Waals surface area contributed by atoms with Crippen molar-refractivity contribution in [3.8, 4) is 17.0 Å². The van der Waals surface area contributed by atoms with Gasteiger partial charge in [-0.1, -0.05) is 26.0 Å². The zero-order valence-corrected chi connectivity index (χ0v) is 26.6. The van der Waals surface area contributed by atoms with Crippen molar-refractivity contribution in [3.05, 3.63) is 71.2 Å². The number of benzene rings is 2. The van der Waals surface area contributed by atoms with Gasteiger partial charge in [-0.3, -0.25) is 9.59 Å². The Morgan fingerprint density at radius 3 is 2.11 bits per heavy atom. The van der Waals surface area contributed by atoms with Gasteiger partial charge in [0.05, 0.1) is 18.5 Å². The monoisotopic (exact) mass is 631 g/mol. The number of rotatable bonds is 5. The van der Waals surface area contributed by atoms with Crippen molar-refractivity contribution in [2.24, 2.45) is 0 Å². The number of ether oxygens (including phenoxy) is 1. The Morgan fingerprint density at radius 2 is 1.56 bits per heavy atom. The number of hydrogen-bond donors (Lipinski definition) is 2. The van der Waals surface area contributed by atoms with Crippen molar-refractivity contribution in [1.82, 2.24) is 19.5 Å². The summed E-state index contributed by atoms with van der Waals surface area (Å²) >= 11 is 0. The van der Waals surface area contributed by atoms with Crippen molar-refractivity contribution in [3.63, 3.8) is 0 Å². The van der Waals surface area contributed by atoms with Crippen LogP contribution in [0.5, 0.6) is 5.75 Å². The molecule has 13 heteroatoms. The Morgan fingerprint density at radius 1 is 0.978 bits per heavy atom. The number of hydrogen-bond acceptors (Lipinski definition) is 7. The smallest absolute Gasteiger partial charge is 0.300 e. The molecular weight excluding hydrogens is 591 g/mol. The fourth-order valence-corrected chi connectivity index (χ4v) is 4.75. The highest BCUT2D eigenvalue weighted by molar-refractivity contribution is 5.93. The minimum absolute atomic E-state index is 0.0513. The molecule has 0 spiro atoms. The summed E-state index contributed by atoms with van der Waals surface area (Å²) in [7, 11) is 4.36. The molecule has 1 saturated heterocycles. The van der Waals surface area contributed by atoms with Gasteiger partial charge in [-0.15, -0.1) is 0 Å². The molecule has 0 atom stereocenters. The largest absolute Gasteiger partial charge is 0.495 e. The molecule has 0 saturated carbocycles. The van der Waals surface area contributed by atoms with Crippen LogP contribution >= 0.6 is 0 Å². The van der Waals surface area contributed by atoms with Gasteiger partial charge < -0.3 is 24.7 Å². The first-order valence-corrected chi connectivity index (χ1v) is 14.4. The molecule has 10 nitrogen and oxygen atoms in total. The standard InChI is InChI=1S/C27H26F3N5O2.C2H4O2.C2H6.CH4O/c1-16-8-7-9-22(37-3)26(16)33(2)24-15-20(17-12-18(28)25(30)19(29)13-17)31-23-14-21(32-35(23)24)27(36)34-10-5-4-6-11-34;1-2(3)4;2*1-2/h7-9,12-15H,4-6,10-11H2,1-3H3;1H3,(H,3,4);1-2H3;2H,1H3. The fraction of sp³-hybridized carbons (Fsp3) is 0.375. The average Bonchev–Trinajstić information content (AvgIpc) is 3.48. The van der Waals surface area contributed by atoms with E-state index in [-0.39, 0.29) is 22.9 Å². The number of carbonyl (C=O) groups is 2. The number of aliphatic hydroxyl groups excluding tert-OH is 1. The molecule has 45 heavy (non-hydrogen) atoms. The molecule has 3 heterocycles. The maximum Gasteiger partial charge on any atom is 0.300 e. The highest BCUT2D eigenvalue weighted by atomic mass is 19.2. The minimum Gasteiger partial charge on any atom is -0.495 e. The third-order valence-corrected chi connectivity index (χ3v) is 6.65. The number of amides is 1. The minimum atomic E-state index is -1.55. The van der Waals surface area contributed by atoms with Gasteiger partial charge in [-0.25, -0.2) is 18.2 Å². The third kappa shape index (κ3) is 8.72. The molecule has 5 rings (SSSR count). The second-order valence-electron chi connectivity index (χ2n) is 9.61. The number of aliphatic hydroxyl groups is 1. The molecule has 0 unspecified atom stereocenters. The van der Waals surface area contributed by atoms with E-state index in [0.717, 1.165) is 56.7 Å². The lowest BCUT2D eigenvalue weighted by atomic mass is 10.1. The number of aliphatic carboxylic acids is 1. The van der Waals surface area contributed by atoms with E-state index < -0.39 is 23.4 Å². The molecule has 4 aromatic rings. The van der Waals surface area contributed by atoms with Crippen LogP contribution in [0.4, 0.5) is 24.7 Å². The summed E-state index contributed by atoms with van der Waals surface area (Å²) in [5.41, 5.74) is 2.40. The quantitative estimate of drug-likeness (QED) is 0.248. The molecule has 2 N–H and O–H groups in total. The SMILES string of the molecule is CC.CC(=O)O.CO.COc1cccc(C)c1N(C)c1cc(-c2cc(F)c(F)c(F)c2)nc2cc(C(=O)N3CCCCC3)nn12. The van der Waals surface area contributed by atoms with Gasteiger partial charge in [0, 0.05) is 51.9 Å². The number of methoxy groups -OCH3 is 1. The average molecular weight is 632 g/mol. The summed E-state index contributed by atoms with van der Waals surface area (Å²) in [6.45, 7) is 8.33. The second-order valence-corrected chi connectivity index (χ2v) is 9.61. The van der Waals surface area contributed by atoms with Gasteiger partial charge in [-0.2, -0.15) is 9.61 Å². The first kappa shape index (κ1) is 36.5. The first-order valence-electron chi connectivity index (χ1n) is 14.4. The Labute approximate surface area is 260 Å². The number of halogens is 3. The van der Waals surface area contributed by atoms with Gasteiger partial charge in [0.15, 0.2) is 28.8 Å². The number of carbonyl (C=O) groups excluding carboxylic acids is 1. The molecule has 0 bridgehead atoms. The molecule has 2 aromatic heterocycles. The van der Waals surface area contributed by atoms with Crippen LogP contribution in [-0.4, -0.2) is 75.9 Å². The number of carboxylic acids is 1. The maximum atomic E-state index is 14.1. The van der Waals surface area contributed by atoms with Crippen LogP contribution in [0.3, 0.4) is 0 Å². The Kier molecular flexibility index (Phi) is 13.8. The molecule has 1 aliphatic heterocycles. The number of piperidine rings is 1. The number of aryl methyl sites for hydroxylation is 1. The van der Waals surface area contributed by atoms with Gasteiger partial charge in [0.25, 0.3) is 11.9 Å². The topological polar surface area (TPSA) is 120 Å². The van der Waals surface area contributed by atoms with E-state index in [1.165, 1.54) is 4.52 Å². The highest BCUT2D eigenvalue weighted by Crippen LogP contribution is 2.37. The summed E-state index contributed by atoms with van der Waals surface area (Å²) in [5.74, 6) is -4.15. The molecule has 1 aliphatic rings. The molecule has 0 aliphatic carbocycles. The molecule has 2 aromatic carbocycles. The van der Waals surface area contributed by atoms with Crippen molar-refractivity contribution in [2.45, 2.75) is 47.0 Å². The van der Waals surface area contributed by atoms with Crippen LogP contribution in [0.25, 0.3) is 16.9 Å². The van der Waals surface area contributed by atoms with Crippen molar-refractivity contribution < 1.29 is 37.7 Å². The number of nitrogens with zero attached hydrogens (tertiary/aromatic N) is 5. The molecule has 244 valence electrons. The van der Waals surface area contributed by atoms with E-state index in [1.54, 1.807) is 31.2 Å². The third-order valence-electron chi connectivity index (χ3n) is 6.65. The Hall–Kier alpha value is -4.65. The van der Waals surface area contributed by atoms with Crippen LogP contribution in [0.2, 0.25) is 0 Å². The zero-order valence-electron chi connectivity index (χ0n) is 26.6. The summed E-state index contributed by atoms with van der Waals surface area (Å²) in [6.07, 6.45) is 2.95. The predicted molar refractivity (Wildman–Crippen MR) is 167 cm³/mol. The number of para-hydroxylation sites is 1. The van der Waals surface area contributed by atoms with E-state index in [9.17, 15) is 18.0 Å². The predicted octanol–water partition coefficient (Wildman–Crippen LogP) is 6.25. The number of likely N-dealkylation sites (tertiary alicyclic amines) is 1. The van der Waals surface area contributed by atoms with E-state index in [1.807, 2.05) is 43.9 Å². The van der Waals surface area contributed by atoms with Crippen molar-refractivity contribution in [1.29, 1.82) is 0 Å². The lowest BCUT2D eigenvalue weighted by Gasteiger charge is -2.26. The van der Waals surface area contributed by atoms with Crippen LogP contribution in [0, 0.1) is 24.4 Å².